The average Bonchev–Trinajstić information content (AvgIpc) is 3.24. The number of hydrogen-bond acceptors (Lipinski definition) is 6. The predicted octanol–water partition coefficient (Wildman–Crippen LogP) is 19.3. The summed E-state index contributed by atoms with van der Waals surface area (Å²) in [5, 5.41) is 21.7. The zero-order chi connectivity index (χ0) is 53.9. The third-order valence-electron chi connectivity index (χ3n) is 14.1. The van der Waals surface area contributed by atoms with Crippen molar-refractivity contribution >= 4 is 26.5 Å². The lowest BCUT2D eigenvalue weighted by Crippen LogP contribution is -2.33. The van der Waals surface area contributed by atoms with Gasteiger partial charge in [-0.3, -0.25) is 0 Å². The molecule has 0 spiro atoms. The van der Waals surface area contributed by atoms with E-state index in [1.165, 1.54) is 132 Å². The van der Waals surface area contributed by atoms with Crippen LogP contribution in [-0.2, 0) is 22.0 Å². The zero-order valence-corrected chi connectivity index (χ0v) is 49.5. The maximum absolute atomic E-state index is 13.2. The van der Waals surface area contributed by atoms with Crippen molar-refractivity contribution < 1.29 is 40.7 Å². The minimum atomic E-state index is -5.36. The number of sulfone groups is 1. The molecule has 2 aliphatic carbocycles. The van der Waals surface area contributed by atoms with Gasteiger partial charge in [-0.1, -0.05) is 164 Å². The summed E-state index contributed by atoms with van der Waals surface area (Å²) in [5.74, 6) is 0.406. The maximum atomic E-state index is 13.2. The largest absolute Gasteiger partial charge is 0.544 e. The molecule has 0 radical (unpaired) electrons. The van der Waals surface area contributed by atoms with Crippen molar-refractivity contribution in [2.75, 3.05) is 0 Å². The molecule has 4 rings (SSSR count). The maximum Gasteiger partial charge on any atom is 0.497 e. The SMILES string of the molecule is C=C(C)[C@H]1CCC(C)=C[C@H]1c1c(O)cc(CCCCCCCCCCCCCCCCCCCC)cc1O.C=C(C)[C@H]1CCC(C)=C[C@H]1c1c(O[Si](C)(C)C)cc(CS(=O)(=O)C(F)(F)F)cc1O[Si](C)(C)C. The first-order chi connectivity index (χ1) is 33.6. The number of hydrogen-bond donors (Lipinski definition) is 2. The highest BCUT2D eigenvalue weighted by Gasteiger charge is 2.46. The van der Waals surface area contributed by atoms with Crippen molar-refractivity contribution in [2.45, 2.75) is 245 Å². The zero-order valence-electron chi connectivity index (χ0n) is 46.7. The monoisotopic (exact) mass is 1060 g/mol. The van der Waals surface area contributed by atoms with Crippen LogP contribution in [0.4, 0.5) is 13.2 Å². The molecule has 0 unspecified atom stereocenters. The van der Waals surface area contributed by atoms with Gasteiger partial charge < -0.3 is 19.1 Å². The standard InChI is InChI=1S/C36H60O2.C24H37F3O4SSi2/c1-5-6-7-8-9-10-11-12-13-14-15-16-17-18-19-20-21-22-23-31-27-34(37)36(35(38)28-31)33-26-30(4)24-25-32(33)29(2)3;1-16(2)19-11-10-17(3)12-20(19)23-21(30-33(4,5)6)13-18(14-22(23)31-34(7,8)9)15-32(28,29)24(25,26)27/h26-28,32-33,37-38H,2,5-25H2,1,3-4H3;12-14,19-20H,1,10-11,15H2,2-9H3/t32-,33-;19-,20-/m11/s1. The first-order valence-corrected chi connectivity index (χ1v) is 36.1. The van der Waals surface area contributed by atoms with E-state index in [1.807, 2.05) is 58.3 Å². The number of alkyl halides is 3. The molecular weight excluding hydrogens is 962 g/mol. The molecule has 72 heavy (non-hydrogen) atoms. The Balaban J connectivity index is 0.000000383. The number of allylic oxidation sites excluding steroid dienone is 6. The van der Waals surface area contributed by atoms with Crippen LogP contribution in [0.5, 0.6) is 23.0 Å². The van der Waals surface area contributed by atoms with E-state index in [9.17, 15) is 31.8 Å². The Morgan fingerprint density at radius 1 is 0.597 bits per heavy atom. The molecule has 12 heteroatoms. The van der Waals surface area contributed by atoms with Crippen molar-refractivity contribution in [1.82, 2.24) is 0 Å². The van der Waals surface area contributed by atoms with Gasteiger partial charge >= 0.3 is 5.51 Å². The van der Waals surface area contributed by atoms with E-state index >= 15 is 0 Å². The van der Waals surface area contributed by atoms with E-state index < -0.39 is 37.7 Å². The normalized spacial score (nSPS) is 18.7. The van der Waals surface area contributed by atoms with Crippen molar-refractivity contribution in [3.63, 3.8) is 0 Å². The molecule has 2 aromatic rings. The first-order valence-electron chi connectivity index (χ1n) is 27.7. The minimum absolute atomic E-state index is 0.00552. The van der Waals surface area contributed by atoms with E-state index in [2.05, 4.69) is 53.0 Å². The molecule has 408 valence electrons. The van der Waals surface area contributed by atoms with E-state index in [0.717, 1.165) is 60.8 Å². The van der Waals surface area contributed by atoms with Gasteiger partial charge in [-0.15, -0.1) is 0 Å². The van der Waals surface area contributed by atoms with Gasteiger partial charge in [-0.25, -0.2) is 8.42 Å². The van der Waals surface area contributed by atoms with Gasteiger partial charge in [0.25, 0.3) is 9.84 Å². The summed E-state index contributed by atoms with van der Waals surface area (Å²) < 4.78 is 76.2. The van der Waals surface area contributed by atoms with Crippen LogP contribution in [-0.4, -0.2) is 40.8 Å². The molecule has 0 bridgehead atoms. The highest BCUT2D eigenvalue weighted by atomic mass is 32.2. The lowest BCUT2D eigenvalue weighted by molar-refractivity contribution is -0.0437. The highest BCUT2D eigenvalue weighted by Crippen LogP contribution is 2.49. The first kappa shape index (κ1) is 63.1. The second kappa shape index (κ2) is 29.8. The Bertz CT molecular complexity index is 2140. The van der Waals surface area contributed by atoms with Crippen molar-refractivity contribution in [3.05, 3.63) is 94.1 Å². The summed E-state index contributed by atoms with van der Waals surface area (Å²) in [6.07, 6.45) is 34.1. The van der Waals surface area contributed by atoms with Gasteiger partial charge in [0.05, 0.1) is 5.75 Å². The molecule has 2 aromatic carbocycles. The Hall–Kier alpha value is -3.23. The number of phenols is 2. The van der Waals surface area contributed by atoms with Crippen LogP contribution in [0.15, 0.2) is 71.9 Å². The fourth-order valence-corrected chi connectivity index (χ4v) is 12.8. The topological polar surface area (TPSA) is 93.1 Å². The molecular formula is C60H97F3O6SSi2. The van der Waals surface area contributed by atoms with Crippen LogP contribution in [0, 0.1) is 11.8 Å². The number of phenolic OH excluding ortho intramolecular Hbond substituents is 2. The second-order valence-electron chi connectivity index (χ2n) is 23.5. The fourth-order valence-electron chi connectivity index (χ4n) is 10.4. The molecule has 0 saturated carbocycles. The molecule has 6 nitrogen and oxygen atoms in total. The highest BCUT2D eigenvalue weighted by molar-refractivity contribution is 7.91. The van der Waals surface area contributed by atoms with Gasteiger partial charge in [-0.2, -0.15) is 13.2 Å². The summed E-state index contributed by atoms with van der Waals surface area (Å²) in [6.45, 7) is 30.8. The Morgan fingerprint density at radius 2 is 0.944 bits per heavy atom. The Morgan fingerprint density at radius 3 is 1.28 bits per heavy atom. The molecule has 2 aliphatic rings. The van der Waals surface area contributed by atoms with Gasteiger partial charge in [0, 0.05) is 23.0 Å². The molecule has 0 aliphatic heterocycles. The third kappa shape index (κ3) is 21.9. The smallest absolute Gasteiger partial charge is 0.497 e. The van der Waals surface area contributed by atoms with Crippen LogP contribution in [0.25, 0.3) is 0 Å². The summed E-state index contributed by atoms with van der Waals surface area (Å²) in [4.78, 5) is 0. The average molecular weight is 1060 g/mol. The lowest BCUT2D eigenvalue weighted by Gasteiger charge is -2.35. The fraction of sp³-hybridized carbons (Fsp3) is 0.667. The Kier molecular flexibility index (Phi) is 26.1. The molecule has 0 amide bonds. The van der Waals surface area contributed by atoms with Crippen LogP contribution < -0.4 is 8.85 Å². The third-order valence-corrected chi connectivity index (χ3v) is 17.2. The molecule has 4 atom stereocenters. The van der Waals surface area contributed by atoms with Crippen LogP contribution in [0.2, 0.25) is 39.3 Å². The lowest BCUT2D eigenvalue weighted by atomic mass is 9.73. The van der Waals surface area contributed by atoms with E-state index in [-0.39, 0.29) is 40.7 Å². The number of aromatic hydroxyl groups is 2. The molecule has 0 saturated heterocycles. The van der Waals surface area contributed by atoms with Crippen LogP contribution in [0.3, 0.4) is 0 Å². The molecule has 0 heterocycles. The minimum Gasteiger partial charge on any atom is -0.544 e. The second-order valence-corrected chi connectivity index (χ2v) is 34.3. The van der Waals surface area contributed by atoms with Gasteiger partial charge in [0.2, 0.25) is 16.6 Å². The molecule has 0 fully saturated rings. The molecule has 0 aromatic heterocycles. The Labute approximate surface area is 438 Å². The summed E-state index contributed by atoms with van der Waals surface area (Å²) in [6, 6.07) is 6.69. The van der Waals surface area contributed by atoms with Gasteiger partial charge in [0.15, 0.2) is 0 Å². The van der Waals surface area contributed by atoms with E-state index in [4.69, 9.17) is 8.85 Å². The van der Waals surface area contributed by atoms with Crippen LogP contribution in [0.1, 0.15) is 210 Å². The van der Waals surface area contributed by atoms with E-state index in [1.54, 1.807) is 0 Å². The van der Waals surface area contributed by atoms with Crippen LogP contribution >= 0.6 is 0 Å². The molecule has 2 N–H and O–H groups in total. The predicted molar refractivity (Wildman–Crippen MR) is 303 cm³/mol. The van der Waals surface area contributed by atoms with Gasteiger partial charge in [-0.05, 0) is 153 Å². The summed E-state index contributed by atoms with van der Waals surface area (Å²) in [7, 11) is -9.79. The number of benzene rings is 2. The number of halogens is 3. The van der Waals surface area contributed by atoms with Crippen molar-refractivity contribution in [1.29, 1.82) is 0 Å². The van der Waals surface area contributed by atoms with Crippen molar-refractivity contribution in [2.24, 2.45) is 11.8 Å². The summed E-state index contributed by atoms with van der Waals surface area (Å²) in [5.41, 5.74) is 1.84. The van der Waals surface area contributed by atoms with Crippen molar-refractivity contribution in [3.8, 4) is 23.0 Å². The number of rotatable bonds is 29. The number of aryl methyl sites for hydroxylation is 1. The van der Waals surface area contributed by atoms with E-state index in [0.29, 0.717) is 17.1 Å². The number of unbranched alkanes of at least 4 members (excludes halogenated alkanes) is 17. The summed E-state index contributed by atoms with van der Waals surface area (Å²) >= 11 is 0. The van der Waals surface area contributed by atoms with Gasteiger partial charge in [0.1, 0.15) is 23.0 Å². The quantitative estimate of drug-likeness (QED) is 0.0479.